The van der Waals surface area contributed by atoms with Crippen molar-refractivity contribution >= 4 is 39.1 Å². The molecule has 2 atom stereocenters. The number of rotatable bonds is 5. The summed E-state index contributed by atoms with van der Waals surface area (Å²) in [6, 6.07) is 6.72. The molecule has 1 aromatic rings. The SMILES string of the molecule is O=C(CSc1ccc(CO)cc1)NC1CS(=O)(=O)CC1Cl. The number of hydrogen-bond donors (Lipinski definition) is 2. The molecule has 116 valence electrons. The first-order chi connectivity index (χ1) is 9.89. The smallest absolute Gasteiger partial charge is 0.230 e. The molecular formula is C13H16ClNO4S2. The molecule has 0 aromatic heterocycles. The van der Waals surface area contributed by atoms with Crippen LogP contribution in [0.15, 0.2) is 29.2 Å². The summed E-state index contributed by atoms with van der Waals surface area (Å²) in [7, 11) is -3.14. The maximum atomic E-state index is 11.8. The maximum Gasteiger partial charge on any atom is 0.230 e. The molecule has 0 bridgehead atoms. The third-order valence-corrected chi connectivity index (χ3v) is 6.49. The van der Waals surface area contributed by atoms with Crippen molar-refractivity contribution in [3.8, 4) is 0 Å². The number of aliphatic hydroxyl groups excluding tert-OH is 1. The minimum absolute atomic E-state index is 0.0152. The lowest BCUT2D eigenvalue weighted by molar-refractivity contribution is -0.119. The van der Waals surface area contributed by atoms with Crippen LogP contribution in [0.4, 0.5) is 0 Å². The molecule has 2 rings (SSSR count). The van der Waals surface area contributed by atoms with E-state index in [1.54, 1.807) is 12.1 Å². The summed E-state index contributed by atoms with van der Waals surface area (Å²) in [6.07, 6.45) is 0. The van der Waals surface area contributed by atoms with Crippen molar-refractivity contribution in [2.45, 2.75) is 22.9 Å². The van der Waals surface area contributed by atoms with Crippen LogP contribution in [0.2, 0.25) is 0 Å². The van der Waals surface area contributed by atoms with E-state index >= 15 is 0 Å². The van der Waals surface area contributed by atoms with Crippen molar-refractivity contribution in [3.05, 3.63) is 29.8 Å². The first kappa shape index (κ1) is 16.6. The Morgan fingerprint density at radius 3 is 2.52 bits per heavy atom. The second-order valence-electron chi connectivity index (χ2n) is 4.86. The van der Waals surface area contributed by atoms with Gasteiger partial charge in [0.25, 0.3) is 0 Å². The quantitative estimate of drug-likeness (QED) is 0.606. The second-order valence-corrected chi connectivity index (χ2v) is 8.62. The van der Waals surface area contributed by atoms with Gasteiger partial charge < -0.3 is 10.4 Å². The minimum Gasteiger partial charge on any atom is -0.392 e. The fourth-order valence-electron chi connectivity index (χ4n) is 2.03. The van der Waals surface area contributed by atoms with Crippen LogP contribution in [0, 0.1) is 0 Å². The van der Waals surface area contributed by atoms with E-state index in [9.17, 15) is 13.2 Å². The summed E-state index contributed by atoms with van der Waals surface area (Å²) < 4.78 is 22.8. The van der Waals surface area contributed by atoms with Gasteiger partial charge in [-0.3, -0.25) is 4.79 Å². The van der Waals surface area contributed by atoms with Crippen LogP contribution < -0.4 is 5.32 Å². The Morgan fingerprint density at radius 1 is 1.33 bits per heavy atom. The molecule has 1 heterocycles. The average Bonchev–Trinajstić information content (AvgIpc) is 2.69. The second kappa shape index (κ2) is 7.00. The van der Waals surface area contributed by atoms with Gasteiger partial charge in [0.05, 0.1) is 35.3 Å². The zero-order chi connectivity index (χ0) is 15.5. The number of carbonyl (C=O) groups is 1. The monoisotopic (exact) mass is 349 g/mol. The van der Waals surface area contributed by atoms with Gasteiger partial charge in [-0.15, -0.1) is 23.4 Å². The van der Waals surface area contributed by atoms with Crippen LogP contribution in [0.25, 0.3) is 0 Å². The predicted molar refractivity (Wildman–Crippen MR) is 83.3 cm³/mol. The third kappa shape index (κ3) is 4.88. The third-order valence-electron chi connectivity index (χ3n) is 3.11. The molecule has 0 spiro atoms. The largest absolute Gasteiger partial charge is 0.392 e. The van der Waals surface area contributed by atoms with Crippen molar-refractivity contribution in [2.24, 2.45) is 0 Å². The van der Waals surface area contributed by atoms with Gasteiger partial charge in [-0.1, -0.05) is 12.1 Å². The van der Waals surface area contributed by atoms with Crippen LogP contribution >= 0.6 is 23.4 Å². The Kier molecular flexibility index (Phi) is 5.54. The van der Waals surface area contributed by atoms with Crippen LogP contribution in [-0.4, -0.2) is 48.1 Å². The highest BCUT2D eigenvalue weighted by atomic mass is 35.5. The van der Waals surface area contributed by atoms with Gasteiger partial charge in [-0.2, -0.15) is 0 Å². The van der Waals surface area contributed by atoms with Gasteiger partial charge >= 0.3 is 0 Å². The van der Waals surface area contributed by atoms with E-state index in [1.165, 1.54) is 11.8 Å². The highest BCUT2D eigenvalue weighted by molar-refractivity contribution is 8.00. The topological polar surface area (TPSA) is 83.5 Å². The fraction of sp³-hybridized carbons (Fsp3) is 0.462. The molecule has 0 aliphatic carbocycles. The maximum absolute atomic E-state index is 11.8. The van der Waals surface area contributed by atoms with Gasteiger partial charge in [0, 0.05) is 4.90 Å². The molecule has 1 saturated heterocycles. The number of benzene rings is 1. The van der Waals surface area contributed by atoms with Crippen molar-refractivity contribution < 1.29 is 18.3 Å². The summed E-state index contributed by atoms with van der Waals surface area (Å²) in [5.41, 5.74) is 0.810. The fourth-order valence-corrected chi connectivity index (χ4v) is 5.28. The minimum atomic E-state index is -3.14. The van der Waals surface area contributed by atoms with Crippen molar-refractivity contribution in [3.63, 3.8) is 0 Å². The molecule has 1 fully saturated rings. The first-order valence-electron chi connectivity index (χ1n) is 6.36. The molecule has 1 aliphatic rings. The zero-order valence-corrected chi connectivity index (χ0v) is 13.5. The summed E-state index contributed by atoms with van der Waals surface area (Å²) in [5, 5.41) is 11.0. The summed E-state index contributed by atoms with van der Waals surface area (Å²) in [4.78, 5) is 12.7. The Bertz CT molecular complexity index is 603. The lowest BCUT2D eigenvalue weighted by Crippen LogP contribution is -2.41. The number of thioether (sulfide) groups is 1. The molecule has 8 heteroatoms. The number of nitrogens with one attached hydrogen (secondary N) is 1. The number of sulfone groups is 1. The van der Waals surface area contributed by atoms with E-state index < -0.39 is 21.3 Å². The molecule has 0 saturated carbocycles. The van der Waals surface area contributed by atoms with Crippen molar-refractivity contribution in [1.82, 2.24) is 5.32 Å². The van der Waals surface area contributed by atoms with Gasteiger partial charge in [-0.25, -0.2) is 8.42 Å². The average molecular weight is 350 g/mol. The van der Waals surface area contributed by atoms with Gasteiger partial charge in [0.15, 0.2) is 9.84 Å². The number of amides is 1. The van der Waals surface area contributed by atoms with Gasteiger partial charge in [0.2, 0.25) is 5.91 Å². The van der Waals surface area contributed by atoms with E-state index in [1.807, 2.05) is 12.1 Å². The number of aliphatic hydroxyl groups is 1. The number of hydrogen-bond acceptors (Lipinski definition) is 5. The van der Waals surface area contributed by atoms with Gasteiger partial charge in [0.1, 0.15) is 0 Å². The Morgan fingerprint density at radius 2 is 2.00 bits per heavy atom. The Hall–Kier alpha value is -0.760. The number of carbonyl (C=O) groups excluding carboxylic acids is 1. The standard InChI is InChI=1S/C13H16ClNO4S2/c14-11-7-21(18,19)8-12(11)15-13(17)6-20-10-3-1-9(5-16)2-4-10/h1-4,11-12,16H,5-8H2,(H,15,17). The van der Waals surface area contributed by atoms with Crippen molar-refractivity contribution in [1.29, 1.82) is 0 Å². The molecular weight excluding hydrogens is 334 g/mol. The molecule has 2 N–H and O–H groups in total. The van der Waals surface area contributed by atoms with Crippen LogP contribution in [0.3, 0.4) is 0 Å². The van der Waals surface area contributed by atoms with E-state index in [4.69, 9.17) is 16.7 Å². The molecule has 0 radical (unpaired) electrons. The lowest BCUT2D eigenvalue weighted by Gasteiger charge is -2.14. The van der Waals surface area contributed by atoms with Crippen LogP contribution in [-0.2, 0) is 21.2 Å². The number of halogens is 1. The van der Waals surface area contributed by atoms with Crippen molar-refractivity contribution in [2.75, 3.05) is 17.3 Å². The first-order valence-corrected chi connectivity index (χ1v) is 9.60. The van der Waals surface area contributed by atoms with E-state index in [2.05, 4.69) is 5.32 Å². The molecule has 21 heavy (non-hydrogen) atoms. The van der Waals surface area contributed by atoms with E-state index in [0.717, 1.165) is 10.5 Å². The Labute approximate surface area is 133 Å². The molecule has 1 aromatic carbocycles. The summed E-state index contributed by atoms with van der Waals surface area (Å²) >= 11 is 7.28. The molecule has 1 amide bonds. The lowest BCUT2D eigenvalue weighted by atomic mass is 10.2. The highest BCUT2D eigenvalue weighted by Gasteiger charge is 2.37. The number of alkyl halides is 1. The predicted octanol–water partition coefficient (Wildman–Crippen LogP) is 0.792. The molecule has 2 unspecified atom stereocenters. The van der Waals surface area contributed by atoms with Crippen LogP contribution in [0.1, 0.15) is 5.56 Å². The zero-order valence-electron chi connectivity index (χ0n) is 11.2. The molecule has 5 nitrogen and oxygen atoms in total. The Balaban J connectivity index is 1.82. The summed E-state index contributed by atoms with van der Waals surface area (Å²) in [5.74, 6) is -0.226. The summed E-state index contributed by atoms with van der Waals surface area (Å²) in [6.45, 7) is -0.0152. The highest BCUT2D eigenvalue weighted by Crippen LogP contribution is 2.20. The van der Waals surface area contributed by atoms with E-state index in [-0.39, 0.29) is 29.8 Å². The van der Waals surface area contributed by atoms with Gasteiger partial charge in [-0.05, 0) is 17.7 Å². The normalized spacial score (nSPS) is 23.9. The molecule has 1 aliphatic heterocycles. The van der Waals surface area contributed by atoms with E-state index in [0.29, 0.717) is 0 Å². The van der Waals surface area contributed by atoms with Crippen LogP contribution in [0.5, 0.6) is 0 Å².